The van der Waals surface area contributed by atoms with Gasteiger partial charge in [-0.25, -0.2) is 0 Å². The van der Waals surface area contributed by atoms with Crippen molar-refractivity contribution in [2.24, 2.45) is 0 Å². The summed E-state index contributed by atoms with van der Waals surface area (Å²) in [5.74, 6) is 0.0219. The lowest BCUT2D eigenvalue weighted by molar-refractivity contribution is -0.138. The van der Waals surface area contributed by atoms with E-state index >= 15 is 0 Å². The smallest absolute Gasteiger partial charge is 0.249 e. The number of hydrogen-bond acceptors (Lipinski definition) is 2. The summed E-state index contributed by atoms with van der Waals surface area (Å²) >= 11 is 0. The third kappa shape index (κ3) is 5.02. The van der Waals surface area contributed by atoms with Gasteiger partial charge in [-0.05, 0) is 27.7 Å². The predicted octanol–water partition coefficient (Wildman–Crippen LogP) is 1.83. The summed E-state index contributed by atoms with van der Waals surface area (Å²) in [5.41, 5.74) is 0. The molecule has 0 aliphatic rings. The van der Waals surface area contributed by atoms with Crippen molar-refractivity contribution in [3.63, 3.8) is 0 Å². The zero-order valence-electron chi connectivity index (χ0n) is 9.62. The highest BCUT2D eigenvalue weighted by Gasteiger charge is 2.15. The Balaban J connectivity index is 4.08. The topological polar surface area (TPSA) is 29.5 Å². The SMILES string of the molecule is C=CCN(C(=O)COC(C)C)C(C)C. The van der Waals surface area contributed by atoms with Crippen molar-refractivity contribution in [1.29, 1.82) is 0 Å². The Morgan fingerprint density at radius 1 is 1.43 bits per heavy atom. The van der Waals surface area contributed by atoms with E-state index in [2.05, 4.69) is 6.58 Å². The lowest BCUT2D eigenvalue weighted by Gasteiger charge is -2.25. The van der Waals surface area contributed by atoms with Gasteiger partial charge in [0, 0.05) is 12.6 Å². The molecule has 0 N–H and O–H groups in total. The summed E-state index contributed by atoms with van der Waals surface area (Å²) < 4.78 is 5.26. The molecule has 0 aliphatic heterocycles. The Kier molecular flexibility index (Phi) is 6.21. The van der Waals surface area contributed by atoms with Crippen LogP contribution in [0, 0.1) is 0 Å². The Morgan fingerprint density at radius 3 is 2.36 bits per heavy atom. The van der Waals surface area contributed by atoms with Gasteiger partial charge < -0.3 is 9.64 Å². The van der Waals surface area contributed by atoms with Gasteiger partial charge in [0.1, 0.15) is 6.61 Å². The van der Waals surface area contributed by atoms with E-state index in [0.29, 0.717) is 6.54 Å². The van der Waals surface area contributed by atoms with Crippen LogP contribution in [0.1, 0.15) is 27.7 Å². The normalized spacial score (nSPS) is 10.7. The molecular formula is C11H21NO2. The molecule has 0 heterocycles. The first-order valence-electron chi connectivity index (χ1n) is 5.01. The van der Waals surface area contributed by atoms with Crippen LogP contribution in [0.25, 0.3) is 0 Å². The summed E-state index contributed by atoms with van der Waals surface area (Å²) in [6.45, 7) is 12.2. The van der Waals surface area contributed by atoms with Crippen LogP contribution in [0.5, 0.6) is 0 Å². The second kappa shape index (κ2) is 6.60. The maximum atomic E-state index is 11.6. The molecule has 0 saturated carbocycles. The molecule has 0 bridgehead atoms. The van der Waals surface area contributed by atoms with Crippen LogP contribution in [-0.4, -0.2) is 36.1 Å². The molecule has 0 aliphatic carbocycles. The Labute approximate surface area is 86.7 Å². The first-order chi connectivity index (χ1) is 6.49. The third-order valence-corrected chi connectivity index (χ3v) is 1.81. The molecule has 0 fully saturated rings. The summed E-state index contributed by atoms with van der Waals surface area (Å²) in [6.07, 6.45) is 1.82. The molecule has 0 saturated heterocycles. The van der Waals surface area contributed by atoms with Crippen LogP contribution in [0.4, 0.5) is 0 Å². The van der Waals surface area contributed by atoms with Crippen LogP contribution < -0.4 is 0 Å². The molecule has 14 heavy (non-hydrogen) atoms. The van der Waals surface area contributed by atoms with Gasteiger partial charge in [-0.2, -0.15) is 0 Å². The highest BCUT2D eigenvalue weighted by Crippen LogP contribution is 2.00. The fourth-order valence-electron chi connectivity index (χ4n) is 1.06. The van der Waals surface area contributed by atoms with E-state index < -0.39 is 0 Å². The van der Waals surface area contributed by atoms with Gasteiger partial charge in [0.15, 0.2) is 0 Å². The van der Waals surface area contributed by atoms with Crippen molar-refractivity contribution < 1.29 is 9.53 Å². The number of rotatable bonds is 6. The van der Waals surface area contributed by atoms with Gasteiger partial charge >= 0.3 is 0 Å². The Morgan fingerprint density at radius 2 is 2.00 bits per heavy atom. The van der Waals surface area contributed by atoms with Crippen LogP contribution in [0.2, 0.25) is 0 Å². The molecule has 0 spiro atoms. The number of hydrogen-bond donors (Lipinski definition) is 0. The van der Waals surface area contributed by atoms with E-state index in [9.17, 15) is 4.79 Å². The van der Waals surface area contributed by atoms with Crippen molar-refractivity contribution in [2.45, 2.75) is 39.8 Å². The second-order valence-corrected chi connectivity index (χ2v) is 3.79. The van der Waals surface area contributed by atoms with Crippen LogP contribution in [0.3, 0.4) is 0 Å². The van der Waals surface area contributed by atoms with Gasteiger partial charge in [-0.1, -0.05) is 6.08 Å². The molecule has 0 radical (unpaired) electrons. The molecule has 3 nitrogen and oxygen atoms in total. The lowest BCUT2D eigenvalue weighted by atomic mass is 10.3. The maximum absolute atomic E-state index is 11.6. The van der Waals surface area contributed by atoms with E-state index in [0.717, 1.165) is 0 Å². The number of carbonyl (C=O) groups excluding carboxylic acids is 1. The van der Waals surface area contributed by atoms with Crippen molar-refractivity contribution in [3.8, 4) is 0 Å². The minimum Gasteiger partial charge on any atom is -0.369 e. The first kappa shape index (κ1) is 13.2. The van der Waals surface area contributed by atoms with Crippen molar-refractivity contribution in [1.82, 2.24) is 4.90 Å². The largest absolute Gasteiger partial charge is 0.369 e. The number of amides is 1. The first-order valence-corrected chi connectivity index (χ1v) is 5.01. The average molecular weight is 199 g/mol. The third-order valence-electron chi connectivity index (χ3n) is 1.81. The average Bonchev–Trinajstić information content (AvgIpc) is 2.09. The highest BCUT2D eigenvalue weighted by molar-refractivity contribution is 5.77. The number of carbonyl (C=O) groups is 1. The second-order valence-electron chi connectivity index (χ2n) is 3.79. The molecule has 0 aromatic rings. The molecule has 82 valence electrons. The molecule has 1 amide bonds. The molecule has 0 aromatic carbocycles. The van der Waals surface area contributed by atoms with Gasteiger partial charge in [-0.15, -0.1) is 6.58 Å². The van der Waals surface area contributed by atoms with Crippen molar-refractivity contribution in [2.75, 3.05) is 13.2 Å². The van der Waals surface area contributed by atoms with Gasteiger partial charge in [0.05, 0.1) is 6.10 Å². The summed E-state index contributed by atoms with van der Waals surface area (Å²) in [6, 6.07) is 0.191. The van der Waals surface area contributed by atoms with Crippen LogP contribution >= 0.6 is 0 Å². The van der Waals surface area contributed by atoms with Crippen LogP contribution in [-0.2, 0) is 9.53 Å². The number of ether oxygens (including phenoxy) is 1. The summed E-state index contributed by atoms with van der Waals surface area (Å²) in [4.78, 5) is 13.4. The molecular weight excluding hydrogens is 178 g/mol. The van der Waals surface area contributed by atoms with Gasteiger partial charge in [0.2, 0.25) is 5.91 Å². The van der Waals surface area contributed by atoms with E-state index in [1.807, 2.05) is 27.7 Å². The standard InChI is InChI=1S/C11H21NO2/c1-6-7-12(9(2)3)11(13)8-14-10(4)5/h6,9-10H,1,7-8H2,2-5H3. The zero-order valence-corrected chi connectivity index (χ0v) is 9.62. The van der Waals surface area contributed by atoms with E-state index in [-0.39, 0.29) is 24.7 Å². The molecule has 3 heteroatoms. The van der Waals surface area contributed by atoms with Crippen LogP contribution in [0.15, 0.2) is 12.7 Å². The zero-order chi connectivity index (χ0) is 11.1. The van der Waals surface area contributed by atoms with Gasteiger partial charge in [0.25, 0.3) is 0 Å². The molecule has 0 aromatic heterocycles. The lowest BCUT2D eigenvalue weighted by Crippen LogP contribution is -2.39. The fourth-order valence-corrected chi connectivity index (χ4v) is 1.06. The maximum Gasteiger partial charge on any atom is 0.249 e. The van der Waals surface area contributed by atoms with Crippen molar-refractivity contribution >= 4 is 5.91 Å². The van der Waals surface area contributed by atoms with E-state index in [1.165, 1.54) is 0 Å². The quantitative estimate of drug-likeness (QED) is 0.611. The van der Waals surface area contributed by atoms with E-state index in [1.54, 1.807) is 11.0 Å². The highest BCUT2D eigenvalue weighted by atomic mass is 16.5. The molecule has 0 rings (SSSR count). The summed E-state index contributed by atoms with van der Waals surface area (Å²) in [5, 5.41) is 0. The molecule has 0 unspecified atom stereocenters. The van der Waals surface area contributed by atoms with Gasteiger partial charge in [-0.3, -0.25) is 4.79 Å². The van der Waals surface area contributed by atoms with Crippen molar-refractivity contribution in [3.05, 3.63) is 12.7 Å². The Bertz CT molecular complexity index is 188. The molecule has 0 atom stereocenters. The Hall–Kier alpha value is -0.830. The fraction of sp³-hybridized carbons (Fsp3) is 0.727. The summed E-state index contributed by atoms with van der Waals surface area (Å²) in [7, 11) is 0. The monoisotopic (exact) mass is 199 g/mol. The minimum absolute atomic E-state index is 0.0219. The predicted molar refractivity (Wildman–Crippen MR) is 58.1 cm³/mol. The minimum atomic E-state index is 0.0219. The number of nitrogens with zero attached hydrogens (tertiary/aromatic N) is 1. The van der Waals surface area contributed by atoms with E-state index in [4.69, 9.17) is 4.74 Å².